The van der Waals surface area contributed by atoms with Gasteiger partial charge in [-0.3, -0.25) is 4.79 Å². The van der Waals surface area contributed by atoms with Gasteiger partial charge in [-0.25, -0.2) is 0 Å². The van der Waals surface area contributed by atoms with E-state index >= 15 is 0 Å². The molecule has 4 heteroatoms. The fourth-order valence-corrected chi connectivity index (χ4v) is 1.97. The SMILES string of the molecule is CCCCCCCCCCCC(=O)NC(O)(O)CC. The van der Waals surface area contributed by atoms with E-state index in [1.807, 2.05) is 0 Å². The van der Waals surface area contributed by atoms with Crippen molar-refractivity contribution in [3.05, 3.63) is 0 Å². The highest BCUT2D eigenvalue weighted by molar-refractivity contribution is 5.76. The van der Waals surface area contributed by atoms with Gasteiger partial charge in [-0.1, -0.05) is 65.2 Å². The van der Waals surface area contributed by atoms with Gasteiger partial charge in [0.05, 0.1) is 0 Å². The minimum atomic E-state index is -2.05. The van der Waals surface area contributed by atoms with Crippen LogP contribution in [0.3, 0.4) is 0 Å². The van der Waals surface area contributed by atoms with Gasteiger partial charge in [0, 0.05) is 12.8 Å². The Balaban J connectivity index is 3.32. The molecule has 0 aromatic carbocycles. The topological polar surface area (TPSA) is 69.6 Å². The molecule has 0 aliphatic rings. The number of unbranched alkanes of at least 4 members (excludes halogenated alkanes) is 8. The predicted octanol–water partition coefficient (Wildman–Crippen LogP) is 3.07. The zero-order chi connectivity index (χ0) is 14.6. The summed E-state index contributed by atoms with van der Waals surface area (Å²) in [5.41, 5.74) is 0. The highest BCUT2D eigenvalue weighted by Crippen LogP contribution is 2.10. The van der Waals surface area contributed by atoms with Gasteiger partial charge in [-0.15, -0.1) is 0 Å². The van der Waals surface area contributed by atoms with Crippen LogP contribution in [0.1, 0.15) is 84.5 Å². The summed E-state index contributed by atoms with van der Waals surface area (Å²) in [6.45, 7) is 3.83. The van der Waals surface area contributed by atoms with E-state index in [0.29, 0.717) is 6.42 Å². The zero-order valence-corrected chi connectivity index (χ0v) is 12.6. The summed E-state index contributed by atoms with van der Waals surface area (Å²) in [4.78, 5) is 11.4. The molecule has 1 amide bonds. The molecule has 4 nitrogen and oxygen atoms in total. The number of nitrogens with one attached hydrogen (secondary N) is 1. The number of carbonyl (C=O) groups excluding carboxylic acids is 1. The summed E-state index contributed by atoms with van der Waals surface area (Å²) in [5.74, 6) is -2.33. The molecule has 114 valence electrons. The Morgan fingerprint density at radius 3 is 1.84 bits per heavy atom. The summed E-state index contributed by atoms with van der Waals surface area (Å²) in [6, 6.07) is 0. The first-order valence-electron chi connectivity index (χ1n) is 7.77. The summed E-state index contributed by atoms with van der Waals surface area (Å²) in [7, 11) is 0. The van der Waals surface area contributed by atoms with Crippen LogP contribution in [0.15, 0.2) is 0 Å². The maximum Gasteiger partial charge on any atom is 0.246 e. The molecule has 0 bridgehead atoms. The van der Waals surface area contributed by atoms with Gasteiger partial charge < -0.3 is 15.5 Å². The first-order chi connectivity index (χ1) is 9.02. The molecule has 0 radical (unpaired) electrons. The molecule has 3 N–H and O–H groups in total. The Hall–Kier alpha value is -0.610. The van der Waals surface area contributed by atoms with Gasteiger partial charge in [0.15, 0.2) is 0 Å². The van der Waals surface area contributed by atoms with Crippen LogP contribution in [0.4, 0.5) is 0 Å². The molecule has 0 heterocycles. The Morgan fingerprint density at radius 2 is 1.37 bits per heavy atom. The summed E-state index contributed by atoms with van der Waals surface area (Å²) in [5, 5.41) is 20.7. The number of aliphatic hydroxyl groups is 2. The molecular formula is C15H31NO3. The van der Waals surface area contributed by atoms with E-state index < -0.39 is 5.91 Å². The summed E-state index contributed by atoms with van der Waals surface area (Å²) in [6.07, 6.45) is 11.3. The Morgan fingerprint density at radius 1 is 0.895 bits per heavy atom. The first kappa shape index (κ1) is 18.4. The smallest absolute Gasteiger partial charge is 0.246 e. The maximum atomic E-state index is 11.4. The molecule has 0 saturated heterocycles. The van der Waals surface area contributed by atoms with E-state index in [9.17, 15) is 15.0 Å². The second-order valence-corrected chi connectivity index (χ2v) is 5.30. The Labute approximate surface area is 117 Å². The van der Waals surface area contributed by atoms with Crippen LogP contribution in [-0.4, -0.2) is 22.0 Å². The van der Waals surface area contributed by atoms with Crippen LogP contribution in [0.2, 0.25) is 0 Å². The molecule has 0 aromatic heterocycles. The van der Waals surface area contributed by atoms with Gasteiger partial charge in [-0.2, -0.15) is 0 Å². The number of hydrogen-bond donors (Lipinski definition) is 3. The van der Waals surface area contributed by atoms with Crippen LogP contribution in [0, 0.1) is 0 Å². The van der Waals surface area contributed by atoms with Crippen LogP contribution in [-0.2, 0) is 4.79 Å². The van der Waals surface area contributed by atoms with Crippen molar-refractivity contribution in [2.24, 2.45) is 0 Å². The van der Waals surface area contributed by atoms with E-state index in [-0.39, 0.29) is 12.3 Å². The Bertz CT molecular complexity index is 229. The van der Waals surface area contributed by atoms with E-state index in [4.69, 9.17) is 0 Å². The van der Waals surface area contributed by atoms with Crippen molar-refractivity contribution in [2.45, 2.75) is 90.4 Å². The van der Waals surface area contributed by atoms with Crippen molar-refractivity contribution in [3.8, 4) is 0 Å². The van der Waals surface area contributed by atoms with E-state index in [1.165, 1.54) is 38.5 Å². The van der Waals surface area contributed by atoms with Crippen molar-refractivity contribution >= 4 is 5.91 Å². The lowest BCUT2D eigenvalue weighted by Gasteiger charge is -2.20. The lowest BCUT2D eigenvalue weighted by Crippen LogP contribution is -2.47. The molecule has 0 aromatic rings. The standard InChI is InChI=1S/C15H31NO3/c1-3-5-6-7-8-9-10-11-12-13-14(17)16-15(18,19)4-2/h18-19H,3-13H2,1-2H3,(H,16,17). The quantitative estimate of drug-likeness (QED) is 0.378. The van der Waals surface area contributed by atoms with Crippen molar-refractivity contribution in [3.63, 3.8) is 0 Å². The van der Waals surface area contributed by atoms with Crippen LogP contribution in [0.25, 0.3) is 0 Å². The maximum absolute atomic E-state index is 11.4. The highest BCUT2D eigenvalue weighted by atomic mass is 16.5. The second-order valence-electron chi connectivity index (χ2n) is 5.30. The minimum absolute atomic E-state index is 0.0938. The number of carbonyl (C=O) groups is 1. The normalized spacial score (nSPS) is 11.6. The molecule has 0 aliphatic heterocycles. The molecule has 0 saturated carbocycles. The van der Waals surface area contributed by atoms with Crippen molar-refractivity contribution < 1.29 is 15.0 Å². The highest BCUT2D eigenvalue weighted by Gasteiger charge is 2.21. The largest absolute Gasteiger partial charge is 0.349 e. The molecule has 19 heavy (non-hydrogen) atoms. The van der Waals surface area contributed by atoms with E-state index in [2.05, 4.69) is 12.2 Å². The van der Waals surface area contributed by atoms with Crippen LogP contribution < -0.4 is 5.32 Å². The third-order valence-electron chi connectivity index (χ3n) is 3.34. The number of amides is 1. The monoisotopic (exact) mass is 273 g/mol. The van der Waals surface area contributed by atoms with Crippen molar-refractivity contribution in [2.75, 3.05) is 0 Å². The molecule has 0 aliphatic carbocycles. The third-order valence-corrected chi connectivity index (χ3v) is 3.34. The van der Waals surface area contributed by atoms with Gasteiger partial charge >= 0.3 is 0 Å². The Kier molecular flexibility index (Phi) is 10.9. The number of rotatable bonds is 12. The second kappa shape index (κ2) is 11.2. The van der Waals surface area contributed by atoms with Crippen molar-refractivity contribution in [1.82, 2.24) is 5.32 Å². The van der Waals surface area contributed by atoms with E-state index in [0.717, 1.165) is 19.3 Å². The van der Waals surface area contributed by atoms with Gasteiger partial charge in [0.25, 0.3) is 0 Å². The lowest BCUT2D eigenvalue weighted by atomic mass is 10.1. The van der Waals surface area contributed by atoms with Gasteiger partial charge in [0.2, 0.25) is 11.8 Å². The summed E-state index contributed by atoms with van der Waals surface area (Å²) < 4.78 is 0. The van der Waals surface area contributed by atoms with Crippen molar-refractivity contribution in [1.29, 1.82) is 0 Å². The lowest BCUT2D eigenvalue weighted by molar-refractivity contribution is -0.191. The van der Waals surface area contributed by atoms with E-state index in [1.54, 1.807) is 6.92 Å². The molecule has 0 atom stereocenters. The molecule has 0 rings (SSSR count). The summed E-state index contributed by atoms with van der Waals surface area (Å²) >= 11 is 0. The molecule has 0 unspecified atom stereocenters. The first-order valence-corrected chi connectivity index (χ1v) is 7.77. The fourth-order valence-electron chi connectivity index (χ4n) is 1.97. The fraction of sp³-hybridized carbons (Fsp3) is 0.933. The zero-order valence-electron chi connectivity index (χ0n) is 12.6. The van der Waals surface area contributed by atoms with Gasteiger partial charge in [-0.05, 0) is 6.42 Å². The average Bonchev–Trinajstić information content (AvgIpc) is 2.36. The minimum Gasteiger partial charge on any atom is -0.349 e. The van der Waals surface area contributed by atoms with Gasteiger partial charge in [0.1, 0.15) is 0 Å². The third kappa shape index (κ3) is 12.2. The number of hydrogen-bond acceptors (Lipinski definition) is 3. The van der Waals surface area contributed by atoms with Crippen LogP contribution >= 0.6 is 0 Å². The van der Waals surface area contributed by atoms with Crippen LogP contribution in [0.5, 0.6) is 0 Å². The average molecular weight is 273 g/mol. The molecule has 0 fully saturated rings. The predicted molar refractivity (Wildman–Crippen MR) is 77.4 cm³/mol. The molecular weight excluding hydrogens is 242 g/mol. The molecule has 0 spiro atoms.